The summed E-state index contributed by atoms with van der Waals surface area (Å²) in [5, 5.41) is 19.3. The lowest BCUT2D eigenvalue weighted by Crippen LogP contribution is -2.70. The Morgan fingerprint density at radius 1 is 1.48 bits per heavy atom. The average Bonchev–Trinajstić information content (AvgIpc) is 3.47. The minimum Gasteiger partial charge on any atom is -0.478 e. The number of rotatable bonds is 9. The number of hydrogen-bond donors (Lipinski definition) is 3. The summed E-state index contributed by atoms with van der Waals surface area (Å²) in [6, 6.07) is 2.76. The van der Waals surface area contributed by atoms with Gasteiger partial charge in [-0.2, -0.15) is 9.67 Å². The number of halogens is 1. The highest BCUT2D eigenvalue weighted by Crippen LogP contribution is 2.39. The van der Waals surface area contributed by atoms with Crippen molar-refractivity contribution < 1.29 is 33.7 Å². The van der Waals surface area contributed by atoms with Crippen LogP contribution in [0.3, 0.4) is 0 Å². The molecule has 2 amide bonds. The van der Waals surface area contributed by atoms with Crippen LogP contribution >= 0.6 is 34.7 Å². The largest absolute Gasteiger partial charge is 0.478 e. The minimum absolute atomic E-state index is 0.0311. The number of nitrogens with one attached hydrogen (secondary N) is 1. The molecule has 208 valence electrons. The van der Waals surface area contributed by atoms with Crippen LogP contribution in [0.1, 0.15) is 12.6 Å². The number of oxime groups is 1. The number of aldehydes is 1. The Hall–Kier alpha value is -4.02. The van der Waals surface area contributed by atoms with Gasteiger partial charge in [-0.05, 0) is 13.0 Å². The Morgan fingerprint density at radius 3 is 2.92 bits per heavy atom. The Kier molecular flexibility index (Phi) is 7.48. The highest BCUT2D eigenvalue weighted by Gasteiger charge is 2.53. The summed E-state index contributed by atoms with van der Waals surface area (Å²) < 4.78 is 3.69. The smallest absolute Gasteiger partial charge is 0.347 e. The Labute approximate surface area is 239 Å². The number of thioether (sulfide) groups is 1. The summed E-state index contributed by atoms with van der Waals surface area (Å²) in [5.74, 6) is -2.23. The first kappa shape index (κ1) is 27.5. The van der Waals surface area contributed by atoms with Gasteiger partial charge in [0.2, 0.25) is 6.10 Å². The van der Waals surface area contributed by atoms with Crippen LogP contribution < -0.4 is 15.6 Å². The predicted molar refractivity (Wildman–Crippen MR) is 145 cm³/mol. The van der Waals surface area contributed by atoms with Crippen LogP contribution in [-0.2, 0) is 37.6 Å². The maximum atomic E-state index is 13.2. The number of thiazole rings is 1. The van der Waals surface area contributed by atoms with Gasteiger partial charge in [-0.1, -0.05) is 28.1 Å². The summed E-state index contributed by atoms with van der Waals surface area (Å²) in [5.41, 5.74) is 7.81. The van der Waals surface area contributed by atoms with E-state index in [0.29, 0.717) is 18.6 Å². The second kappa shape index (κ2) is 10.9. The van der Waals surface area contributed by atoms with E-state index in [0.717, 1.165) is 27.9 Å². The maximum Gasteiger partial charge on any atom is 0.347 e. The van der Waals surface area contributed by atoms with Crippen molar-refractivity contribution in [1.29, 1.82) is 0 Å². The molecule has 2 aliphatic heterocycles. The van der Waals surface area contributed by atoms with Crippen molar-refractivity contribution in [3.8, 4) is 0 Å². The maximum absolute atomic E-state index is 13.2. The molecule has 1 saturated heterocycles. The lowest BCUT2D eigenvalue weighted by atomic mass is 10.0. The van der Waals surface area contributed by atoms with Crippen LogP contribution in [-0.4, -0.2) is 77.8 Å². The molecule has 0 saturated carbocycles. The van der Waals surface area contributed by atoms with E-state index in [4.69, 9.17) is 27.3 Å². The molecule has 0 aromatic carbocycles. The Balaban J connectivity index is 1.36. The summed E-state index contributed by atoms with van der Waals surface area (Å²) in [4.78, 5) is 60.0. The molecule has 0 aliphatic carbocycles. The monoisotopic (exact) mass is 605 g/mol. The second-order valence-electron chi connectivity index (χ2n) is 8.88. The number of carbonyl (C=O) groups is 4. The molecule has 2 unspecified atom stereocenters. The fourth-order valence-corrected chi connectivity index (χ4v) is 6.54. The Morgan fingerprint density at radius 2 is 2.25 bits per heavy atom. The molecule has 3 atom stereocenters. The predicted octanol–water partition coefficient (Wildman–Crippen LogP) is 0.300. The fraction of sp³-hybridized carbons (Fsp3) is 0.304. The number of nitrogens with two attached hydrogens (primary N) is 1. The number of anilines is 1. The topological polar surface area (TPSA) is 186 Å². The lowest BCUT2D eigenvalue weighted by molar-refractivity contribution is -0.663. The zero-order valence-electron chi connectivity index (χ0n) is 21.0. The molecule has 0 radical (unpaired) electrons. The van der Waals surface area contributed by atoms with E-state index >= 15 is 0 Å². The van der Waals surface area contributed by atoms with E-state index < -0.39 is 41.0 Å². The number of allylic oxidation sites excluding steroid dienone is 1. The van der Waals surface area contributed by atoms with Crippen LogP contribution in [0.2, 0.25) is 4.34 Å². The van der Waals surface area contributed by atoms with Gasteiger partial charge in [0, 0.05) is 24.4 Å². The number of carboxylic acids is 1. The summed E-state index contributed by atoms with van der Waals surface area (Å²) in [7, 11) is 1.82. The van der Waals surface area contributed by atoms with Gasteiger partial charge >= 0.3 is 5.97 Å². The number of amides is 2. The zero-order valence-corrected chi connectivity index (χ0v) is 23.4. The highest BCUT2D eigenvalue weighted by molar-refractivity contribution is 8.00. The molecule has 4 N–H and O–H groups in total. The molecule has 5 rings (SSSR count). The molecule has 40 heavy (non-hydrogen) atoms. The van der Waals surface area contributed by atoms with Gasteiger partial charge in [0.15, 0.2) is 35.4 Å². The van der Waals surface area contributed by atoms with Crippen molar-refractivity contribution in [2.75, 3.05) is 11.5 Å². The van der Waals surface area contributed by atoms with Crippen molar-refractivity contribution >= 4 is 80.6 Å². The van der Waals surface area contributed by atoms with Gasteiger partial charge in [0.1, 0.15) is 21.4 Å². The lowest BCUT2D eigenvalue weighted by Gasteiger charge is -2.49. The van der Waals surface area contributed by atoms with Gasteiger partial charge in [0.05, 0.1) is 11.9 Å². The number of nitrogen functional groups attached to an aromatic ring is 1. The average molecular weight is 606 g/mol. The minimum atomic E-state index is -1.37. The molecule has 0 bridgehead atoms. The number of fused-ring (bicyclic) bond motifs is 2. The molecule has 3 aromatic heterocycles. The molecule has 3 aromatic rings. The molecule has 2 aliphatic rings. The third-order valence-electron chi connectivity index (χ3n) is 6.21. The molecule has 5 heterocycles. The second-order valence-corrected chi connectivity index (χ2v) is 11.6. The molecule has 17 heteroatoms. The number of carbonyl (C=O) groups excluding carboxylic acids is 3. The molecule has 14 nitrogen and oxygen atoms in total. The number of aliphatic carboxylic acids is 1. The fourth-order valence-electron chi connectivity index (χ4n) is 4.26. The number of pyridine rings is 1. The first-order chi connectivity index (χ1) is 19.1. The van der Waals surface area contributed by atoms with E-state index in [2.05, 4.69) is 20.6 Å². The van der Waals surface area contributed by atoms with Gasteiger partial charge in [-0.15, -0.1) is 11.8 Å². The molecule has 1 fully saturated rings. The van der Waals surface area contributed by atoms with Crippen molar-refractivity contribution in [1.82, 2.24) is 25.0 Å². The number of carboxylic acid groups (broad SMARTS) is 1. The van der Waals surface area contributed by atoms with Crippen LogP contribution in [0.4, 0.5) is 5.13 Å². The third-order valence-corrected chi connectivity index (χ3v) is 8.63. The van der Waals surface area contributed by atoms with Gasteiger partial charge < -0.3 is 21.0 Å². The number of aromatic nitrogens is 4. The highest BCUT2D eigenvalue weighted by atomic mass is 35.5. The molecular formula is C23H22ClN8O6S2+. The van der Waals surface area contributed by atoms with Crippen LogP contribution in [0, 0.1) is 0 Å². The number of nitrogens with zero attached hydrogens (tertiary/aromatic N) is 6. The third kappa shape index (κ3) is 5.00. The quantitative estimate of drug-likeness (QED) is 0.101. The normalized spacial score (nSPS) is 19.7. The Bertz CT molecular complexity index is 1620. The summed E-state index contributed by atoms with van der Waals surface area (Å²) >= 11 is 8.43. The van der Waals surface area contributed by atoms with Crippen LogP contribution in [0.25, 0.3) is 11.0 Å². The van der Waals surface area contributed by atoms with Gasteiger partial charge in [0.25, 0.3) is 17.3 Å². The summed E-state index contributed by atoms with van der Waals surface area (Å²) in [6.07, 6.45) is 3.02. The summed E-state index contributed by atoms with van der Waals surface area (Å²) in [6.45, 7) is 1.60. The number of β-lactam (4-membered cyclic amide) rings is 1. The van der Waals surface area contributed by atoms with E-state index in [-0.39, 0.29) is 20.9 Å². The van der Waals surface area contributed by atoms with Gasteiger partial charge in [-0.3, -0.25) is 24.0 Å². The van der Waals surface area contributed by atoms with Crippen molar-refractivity contribution in [2.24, 2.45) is 12.2 Å². The first-order valence-electron chi connectivity index (χ1n) is 11.7. The van der Waals surface area contributed by atoms with Crippen LogP contribution in [0.15, 0.2) is 41.0 Å². The van der Waals surface area contributed by atoms with Crippen LogP contribution in [0.5, 0.6) is 0 Å². The number of hydrogen-bond acceptors (Lipinski definition) is 11. The van der Waals surface area contributed by atoms with E-state index in [1.807, 2.05) is 36.1 Å². The van der Waals surface area contributed by atoms with E-state index in [9.17, 15) is 19.2 Å². The van der Waals surface area contributed by atoms with Crippen molar-refractivity contribution in [3.05, 3.63) is 45.8 Å². The van der Waals surface area contributed by atoms with Gasteiger partial charge in [-0.25, -0.2) is 9.78 Å². The van der Waals surface area contributed by atoms with E-state index in [1.165, 1.54) is 23.6 Å². The van der Waals surface area contributed by atoms with E-state index in [1.54, 1.807) is 4.68 Å². The van der Waals surface area contributed by atoms with Crippen molar-refractivity contribution in [3.63, 3.8) is 0 Å². The molecular weight excluding hydrogens is 584 g/mol. The zero-order chi connectivity index (χ0) is 28.7. The first-order valence-corrected chi connectivity index (χ1v) is 14.0. The van der Waals surface area contributed by atoms with Crippen molar-refractivity contribution in [2.45, 2.75) is 31.0 Å². The number of aryl methyl sites for hydroxylation is 1. The SMILES string of the molecule is C[C@H](O/N=C(\C(=O)NC1C(=O)N2C(C=O)=C(C[n+]3cccc4nn(C)cc43)CSC12)c1nc(N)sc1Cl)C(=O)O. The molecule has 0 spiro atoms. The standard InChI is InChI=1S/C23H21ClN8O6S2/c1-10(22(36)37)38-29-16(15-18(24)40-23(25)27-15)19(34)26-17-20(35)32-14(8-33)11(9-39-21(17)32)6-31-5-3-4-12-13(31)7-30(2)28-12/h3-5,7-8,10,17,21H,6,9H2,1-2H3,(H3-,25,26,27,34,36,37)/p+1/b29-16-/t10-,17?,21?/m0/s1.